The molecule has 0 unspecified atom stereocenters. The molecule has 37 heavy (non-hydrogen) atoms. The second-order valence-electron chi connectivity index (χ2n) is 9.87. The average Bonchev–Trinajstić information content (AvgIpc) is 3.63. The third-order valence-electron chi connectivity index (χ3n) is 7.47. The summed E-state index contributed by atoms with van der Waals surface area (Å²) >= 11 is 0. The van der Waals surface area contributed by atoms with Crippen LogP contribution in [0, 0.1) is 5.92 Å². The molecule has 1 aliphatic heterocycles. The van der Waals surface area contributed by atoms with Crippen LogP contribution in [0.1, 0.15) is 63.0 Å². The largest absolute Gasteiger partial charge is 0.497 e. The van der Waals surface area contributed by atoms with Gasteiger partial charge in [-0.05, 0) is 67.1 Å². The van der Waals surface area contributed by atoms with Crippen molar-refractivity contribution in [2.45, 2.75) is 63.5 Å². The molecule has 3 amide bonds. The van der Waals surface area contributed by atoms with Crippen LogP contribution in [0.15, 0.2) is 48.5 Å². The number of nitrogens with one attached hydrogen (secondary N) is 2. The summed E-state index contributed by atoms with van der Waals surface area (Å²) in [5.74, 6) is 1.31. The molecule has 4 rings (SSSR count). The third-order valence-corrected chi connectivity index (χ3v) is 7.47. The zero-order valence-corrected chi connectivity index (χ0v) is 21.7. The van der Waals surface area contributed by atoms with E-state index in [0.29, 0.717) is 48.1 Å². The number of amides is 3. The minimum Gasteiger partial charge on any atom is -0.497 e. The van der Waals surface area contributed by atoms with E-state index in [2.05, 4.69) is 10.6 Å². The zero-order chi connectivity index (χ0) is 26.2. The second-order valence-corrected chi connectivity index (χ2v) is 9.87. The summed E-state index contributed by atoms with van der Waals surface area (Å²) in [5.41, 5.74) is 1.21. The molecule has 2 fully saturated rings. The highest BCUT2D eigenvalue weighted by atomic mass is 16.5. The van der Waals surface area contributed by atoms with Gasteiger partial charge in [-0.15, -0.1) is 0 Å². The summed E-state index contributed by atoms with van der Waals surface area (Å²) in [6, 6.07) is 12.5. The van der Waals surface area contributed by atoms with E-state index in [9.17, 15) is 14.4 Å². The van der Waals surface area contributed by atoms with Gasteiger partial charge >= 0.3 is 0 Å². The van der Waals surface area contributed by atoms with Crippen LogP contribution in [0.4, 0.5) is 5.69 Å². The number of carbonyl (C=O) groups excluding carboxylic acids is 3. The summed E-state index contributed by atoms with van der Waals surface area (Å²) in [7, 11) is 3.15. The molecule has 1 aliphatic carbocycles. The highest BCUT2D eigenvalue weighted by Crippen LogP contribution is 2.30. The molecular weight excluding hydrogens is 470 g/mol. The lowest BCUT2D eigenvalue weighted by molar-refractivity contribution is -0.139. The van der Waals surface area contributed by atoms with E-state index in [0.717, 1.165) is 12.8 Å². The maximum atomic E-state index is 13.4. The zero-order valence-electron chi connectivity index (χ0n) is 21.7. The molecule has 0 bridgehead atoms. The predicted octanol–water partition coefficient (Wildman–Crippen LogP) is 4.46. The fourth-order valence-corrected chi connectivity index (χ4v) is 5.33. The van der Waals surface area contributed by atoms with Crippen LogP contribution in [0.2, 0.25) is 0 Å². The first-order valence-corrected chi connectivity index (χ1v) is 13.2. The first-order valence-electron chi connectivity index (χ1n) is 13.2. The van der Waals surface area contributed by atoms with Gasteiger partial charge in [0.1, 0.15) is 23.6 Å². The molecule has 2 aliphatic rings. The van der Waals surface area contributed by atoms with Gasteiger partial charge < -0.3 is 25.0 Å². The normalized spacial score (nSPS) is 18.3. The van der Waals surface area contributed by atoms with Crippen molar-refractivity contribution in [3.05, 3.63) is 54.1 Å². The number of benzene rings is 2. The number of anilines is 1. The molecule has 1 heterocycles. The van der Waals surface area contributed by atoms with Crippen molar-refractivity contribution in [1.29, 1.82) is 0 Å². The van der Waals surface area contributed by atoms with Crippen molar-refractivity contribution in [2.24, 2.45) is 5.92 Å². The van der Waals surface area contributed by atoms with Gasteiger partial charge in [0.2, 0.25) is 11.8 Å². The Morgan fingerprint density at radius 2 is 1.51 bits per heavy atom. The molecule has 2 aromatic carbocycles. The Hall–Kier alpha value is -3.55. The topological polar surface area (TPSA) is 97.0 Å². The van der Waals surface area contributed by atoms with E-state index in [1.165, 1.54) is 25.7 Å². The van der Waals surface area contributed by atoms with Crippen LogP contribution in [0.5, 0.6) is 11.5 Å². The number of methoxy groups -OCH3 is 2. The van der Waals surface area contributed by atoms with Crippen LogP contribution in [0.25, 0.3) is 0 Å². The number of likely N-dealkylation sites (tertiary alicyclic amines) is 1. The number of carbonyl (C=O) groups is 3. The van der Waals surface area contributed by atoms with Gasteiger partial charge in [-0.25, -0.2) is 0 Å². The van der Waals surface area contributed by atoms with Crippen molar-refractivity contribution in [1.82, 2.24) is 10.2 Å². The number of rotatable bonds is 10. The van der Waals surface area contributed by atoms with E-state index in [1.807, 2.05) is 0 Å². The number of nitrogens with zero attached hydrogens (tertiary/aromatic N) is 1. The van der Waals surface area contributed by atoms with Gasteiger partial charge in [0.15, 0.2) is 0 Å². The lowest BCUT2D eigenvalue weighted by atomic mass is 10.0. The first-order chi connectivity index (χ1) is 18.0. The summed E-state index contributed by atoms with van der Waals surface area (Å²) in [5, 5.41) is 5.81. The van der Waals surface area contributed by atoms with Crippen LogP contribution < -0.4 is 20.1 Å². The third kappa shape index (κ3) is 6.81. The molecule has 0 spiro atoms. The fraction of sp³-hybridized carbons (Fsp3) is 0.483. The molecule has 198 valence electrons. The maximum absolute atomic E-state index is 13.4. The molecule has 8 nitrogen and oxygen atoms in total. The summed E-state index contributed by atoms with van der Waals surface area (Å²) < 4.78 is 10.4. The van der Waals surface area contributed by atoms with Crippen molar-refractivity contribution in [3.8, 4) is 11.5 Å². The van der Waals surface area contributed by atoms with Crippen molar-refractivity contribution in [2.75, 3.05) is 26.1 Å². The molecular formula is C29H37N3O5. The van der Waals surface area contributed by atoms with E-state index in [4.69, 9.17) is 9.47 Å². The van der Waals surface area contributed by atoms with Gasteiger partial charge in [0.05, 0.1) is 14.2 Å². The predicted molar refractivity (Wildman–Crippen MR) is 141 cm³/mol. The van der Waals surface area contributed by atoms with Gasteiger partial charge in [0, 0.05) is 18.7 Å². The first kappa shape index (κ1) is 26.5. The fourth-order valence-electron chi connectivity index (χ4n) is 5.33. The lowest BCUT2D eigenvalue weighted by Crippen LogP contribution is -2.48. The quantitative estimate of drug-likeness (QED) is 0.495. The monoisotopic (exact) mass is 507 g/mol. The van der Waals surface area contributed by atoms with E-state index in [1.54, 1.807) is 67.7 Å². The van der Waals surface area contributed by atoms with Gasteiger partial charge in [-0.2, -0.15) is 0 Å². The minimum atomic E-state index is -0.934. The summed E-state index contributed by atoms with van der Waals surface area (Å²) in [6.07, 6.45) is 7.64. The Morgan fingerprint density at radius 1 is 0.892 bits per heavy atom. The smallest absolute Gasteiger partial charge is 0.251 e. The molecule has 1 saturated carbocycles. The Bertz CT molecular complexity index is 1060. The van der Waals surface area contributed by atoms with Gasteiger partial charge in [-0.1, -0.05) is 37.8 Å². The molecule has 2 aromatic rings. The van der Waals surface area contributed by atoms with Crippen molar-refractivity contribution >= 4 is 23.4 Å². The molecule has 1 saturated heterocycles. The van der Waals surface area contributed by atoms with E-state index < -0.39 is 12.1 Å². The maximum Gasteiger partial charge on any atom is 0.251 e. The minimum absolute atomic E-state index is 0.0354. The Morgan fingerprint density at radius 3 is 2.14 bits per heavy atom. The average molecular weight is 508 g/mol. The number of hydrogen-bond donors (Lipinski definition) is 2. The van der Waals surface area contributed by atoms with Gasteiger partial charge in [-0.3, -0.25) is 14.4 Å². The highest BCUT2D eigenvalue weighted by molar-refractivity contribution is 5.99. The van der Waals surface area contributed by atoms with Crippen molar-refractivity contribution in [3.63, 3.8) is 0 Å². The number of ether oxygens (including phenoxy) is 2. The van der Waals surface area contributed by atoms with Crippen LogP contribution in [0.3, 0.4) is 0 Å². The van der Waals surface area contributed by atoms with Crippen molar-refractivity contribution < 1.29 is 23.9 Å². The van der Waals surface area contributed by atoms with E-state index in [-0.39, 0.29) is 17.7 Å². The molecule has 0 radical (unpaired) electrons. The lowest BCUT2D eigenvalue weighted by Gasteiger charge is -2.27. The number of hydrogen-bond acceptors (Lipinski definition) is 5. The van der Waals surface area contributed by atoms with Gasteiger partial charge in [0.25, 0.3) is 5.91 Å². The van der Waals surface area contributed by atoms with Crippen LogP contribution in [-0.2, 0) is 14.4 Å². The summed E-state index contributed by atoms with van der Waals surface area (Å²) in [4.78, 5) is 41.5. The Kier molecular flexibility index (Phi) is 9.04. The molecule has 2 N–H and O–H groups in total. The molecule has 2 atom stereocenters. The summed E-state index contributed by atoms with van der Waals surface area (Å²) in [6.45, 7) is 0.576. The Labute approximate surface area is 218 Å². The SMILES string of the molecule is COc1ccc(NC(=O)[C@@H](NC(=O)[C@@H]2CCCN2C(=O)CCC2CCCC2)c2ccc(OC)cc2)cc1. The standard InChI is InChI=1S/C29H37N3O5/c1-36-23-14-10-21(11-15-23)27(29(35)30-22-12-16-24(37-2)17-13-22)31-28(34)25-8-5-19-32(25)26(33)18-9-20-6-3-4-7-20/h10-17,20,25,27H,3-9,18-19H2,1-2H3,(H,30,35)(H,31,34)/t25-,27-/m0/s1. The van der Waals surface area contributed by atoms with Crippen LogP contribution >= 0.6 is 0 Å². The van der Waals surface area contributed by atoms with Crippen LogP contribution in [-0.4, -0.2) is 49.4 Å². The molecule has 0 aromatic heterocycles. The van der Waals surface area contributed by atoms with E-state index >= 15 is 0 Å². The molecule has 8 heteroatoms. The second kappa shape index (κ2) is 12.6. The Balaban J connectivity index is 1.46. The highest BCUT2D eigenvalue weighted by Gasteiger charge is 2.36.